The number of methoxy groups -OCH3 is 1. The first kappa shape index (κ1) is 15.9. The maximum atomic E-state index is 12.5. The largest absolute Gasteiger partial charge is 0.495 e. The summed E-state index contributed by atoms with van der Waals surface area (Å²) in [5.74, 6) is 0.611. The monoisotopic (exact) mass is 320 g/mol. The van der Waals surface area contributed by atoms with Crippen molar-refractivity contribution in [1.29, 1.82) is 0 Å². The first-order valence-electron chi connectivity index (χ1n) is 7.87. The number of benzene rings is 3. The number of para-hydroxylation sites is 2. The van der Waals surface area contributed by atoms with E-state index in [-0.39, 0.29) is 5.91 Å². The Morgan fingerprint density at radius 2 is 1.58 bits per heavy atom. The molecule has 0 fully saturated rings. The molecule has 0 heterocycles. The molecule has 0 saturated heterocycles. The van der Waals surface area contributed by atoms with Crippen LogP contribution in [0.25, 0.3) is 10.8 Å². The number of rotatable bonds is 5. The summed E-state index contributed by atoms with van der Waals surface area (Å²) in [4.78, 5) is 12.5. The molecule has 24 heavy (non-hydrogen) atoms. The van der Waals surface area contributed by atoms with Crippen LogP contribution in [-0.4, -0.2) is 19.1 Å². The van der Waals surface area contributed by atoms with Crippen LogP contribution in [0.4, 0.5) is 11.4 Å². The number of ether oxygens (including phenoxy) is 1. The van der Waals surface area contributed by atoms with E-state index in [0.29, 0.717) is 5.75 Å². The lowest BCUT2D eigenvalue weighted by Crippen LogP contribution is -2.32. The van der Waals surface area contributed by atoms with E-state index in [1.807, 2.05) is 73.7 Å². The van der Waals surface area contributed by atoms with E-state index in [9.17, 15) is 4.79 Å². The van der Waals surface area contributed by atoms with Gasteiger partial charge in [-0.15, -0.1) is 0 Å². The van der Waals surface area contributed by atoms with Crippen LogP contribution in [0.2, 0.25) is 0 Å². The number of carbonyl (C=O) groups excluding carboxylic acids is 1. The van der Waals surface area contributed by atoms with Crippen molar-refractivity contribution in [3.05, 3.63) is 66.7 Å². The number of amides is 1. The Bertz CT molecular complexity index is 856. The second kappa shape index (κ2) is 7.04. The van der Waals surface area contributed by atoms with E-state index in [1.165, 1.54) is 0 Å². The highest BCUT2D eigenvalue weighted by Gasteiger charge is 2.15. The summed E-state index contributed by atoms with van der Waals surface area (Å²) in [7, 11) is 1.61. The lowest BCUT2D eigenvalue weighted by atomic mass is 10.1. The molecule has 0 radical (unpaired) electrons. The van der Waals surface area contributed by atoms with Gasteiger partial charge in [-0.25, -0.2) is 0 Å². The third kappa shape index (κ3) is 3.33. The highest BCUT2D eigenvalue weighted by molar-refractivity contribution is 6.04. The standard InChI is InChI=1S/C20H20N2O2/c1-14(21-18-11-5-6-13-19(18)24-2)20(23)22-17-12-7-9-15-8-3-4-10-16(15)17/h3-14,21H,1-2H3,(H,22,23). The summed E-state index contributed by atoms with van der Waals surface area (Å²) in [5.41, 5.74) is 1.60. The summed E-state index contributed by atoms with van der Waals surface area (Å²) in [5, 5.41) is 8.32. The topological polar surface area (TPSA) is 50.4 Å². The third-order valence-corrected chi connectivity index (χ3v) is 3.92. The molecule has 0 bridgehead atoms. The molecule has 0 saturated carbocycles. The van der Waals surface area contributed by atoms with Gasteiger partial charge in [-0.05, 0) is 30.5 Å². The van der Waals surface area contributed by atoms with Crippen molar-refractivity contribution in [1.82, 2.24) is 0 Å². The van der Waals surface area contributed by atoms with E-state index in [0.717, 1.165) is 22.1 Å². The average molecular weight is 320 g/mol. The van der Waals surface area contributed by atoms with Gasteiger partial charge in [0.15, 0.2) is 0 Å². The summed E-state index contributed by atoms with van der Waals surface area (Å²) < 4.78 is 5.31. The normalized spacial score (nSPS) is 11.8. The van der Waals surface area contributed by atoms with Crippen molar-refractivity contribution in [2.75, 3.05) is 17.7 Å². The Hall–Kier alpha value is -3.01. The molecule has 0 aromatic heterocycles. The second-order valence-electron chi connectivity index (χ2n) is 5.58. The fourth-order valence-electron chi connectivity index (χ4n) is 2.64. The zero-order chi connectivity index (χ0) is 16.9. The lowest BCUT2D eigenvalue weighted by Gasteiger charge is -2.18. The van der Waals surface area contributed by atoms with E-state index in [4.69, 9.17) is 4.74 Å². The third-order valence-electron chi connectivity index (χ3n) is 3.92. The van der Waals surface area contributed by atoms with Crippen molar-refractivity contribution < 1.29 is 9.53 Å². The summed E-state index contributed by atoms with van der Waals surface area (Å²) in [6.07, 6.45) is 0. The second-order valence-corrected chi connectivity index (χ2v) is 5.58. The van der Waals surface area contributed by atoms with Crippen LogP contribution in [0, 0.1) is 0 Å². The van der Waals surface area contributed by atoms with Crippen molar-refractivity contribution in [2.24, 2.45) is 0 Å². The Balaban J connectivity index is 1.76. The fraction of sp³-hybridized carbons (Fsp3) is 0.150. The Labute approximate surface area is 141 Å². The Kier molecular flexibility index (Phi) is 4.66. The van der Waals surface area contributed by atoms with Gasteiger partial charge in [0.05, 0.1) is 12.8 Å². The van der Waals surface area contributed by atoms with Crippen LogP contribution in [0.1, 0.15) is 6.92 Å². The Morgan fingerprint density at radius 3 is 2.42 bits per heavy atom. The van der Waals surface area contributed by atoms with Crippen molar-refractivity contribution in [3.63, 3.8) is 0 Å². The SMILES string of the molecule is COc1ccccc1NC(C)C(=O)Nc1cccc2ccccc12. The zero-order valence-electron chi connectivity index (χ0n) is 13.7. The van der Waals surface area contributed by atoms with Crippen molar-refractivity contribution >= 4 is 28.1 Å². The summed E-state index contributed by atoms with van der Waals surface area (Å²) in [6.45, 7) is 1.83. The molecular formula is C20H20N2O2. The molecule has 3 rings (SSSR count). The smallest absolute Gasteiger partial charge is 0.246 e. The van der Waals surface area contributed by atoms with E-state index in [1.54, 1.807) is 7.11 Å². The molecule has 122 valence electrons. The molecule has 2 N–H and O–H groups in total. The van der Waals surface area contributed by atoms with Crippen LogP contribution in [0.3, 0.4) is 0 Å². The minimum Gasteiger partial charge on any atom is -0.495 e. The van der Waals surface area contributed by atoms with Gasteiger partial charge in [0.1, 0.15) is 11.8 Å². The van der Waals surface area contributed by atoms with Gasteiger partial charge >= 0.3 is 0 Å². The number of carbonyl (C=O) groups is 1. The number of hydrogen-bond donors (Lipinski definition) is 2. The van der Waals surface area contributed by atoms with Gasteiger partial charge in [0.2, 0.25) is 5.91 Å². The van der Waals surface area contributed by atoms with Gasteiger partial charge in [-0.3, -0.25) is 4.79 Å². The molecule has 3 aromatic rings. The van der Waals surface area contributed by atoms with Crippen LogP contribution < -0.4 is 15.4 Å². The van der Waals surface area contributed by atoms with Gasteiger partial charge in [0.25, 0.3) is 0 Å². The first-order valence-corrected chi connectivity index (χ1v) is 7.87. The molecule has 0 spiro atoms. The van der Waals surface area contributed by atoms with Crippen LogP contribution in [0.5, 0.6) is 5.75 Å². The molecule has 0 aliphatic heterocycles. The quantitative estimate of drug-likeness (QED) is 0.737. The molecule has 1 amide bonds. The zero-order valence-corrected chi connectivity index (χ0v) is 13.7. The predicted molar refractivity (Wildman–Crippen MR) is 98.7 cm³/mol. The van der Waals surface area contributed by atoms with Gasteiger partial charge in [-0.2, -0.15) is 0 Å². The summed E-state index contributed by atoms with van der Waals surface area (Å²) >= 11 is 0. The highest BCUT2D eigenvalue weighted by Crippen LogP contribution is 2.25. The number of fused-ring (bicyclic) bond motifs is 1. The number of anilines is 2. The van der Waals surface area contributed by atoms with E-state index < -0.39 is 6.04 Å². The van der Waals surface area contributed by atoms with E-state index >= 15 is 0 Å². The maximum absolute atomic E-state index is 12.5. The van der Waals surface area contributed by atoms with Gasteiger partial charge < -0.3 is 15.4 Å². The van der Waals surface area contributed by atoms with Crippen molar-refractivity contribution in [2.45, 2.75) is 13.0 Å². The Morgan fingerprint density at radius 1 is 0.917 bits per heavy atom. The molecular weight excluding hydrogens is 300 g/mol. The summed E-state index contributed by atoms with van der Waals surface area (Å²) in [6, 6.07) is 21.0. The van der Waals surface area contributed by atoms with Gasteiger partial charge in [-0.1, -0.05) is 48.5 Å². The molecule has 0 aliphatic carbocycles. The minimum absolute atomic E-state index is 0.0998. The lowest BCUT2D eigenvalue weighted by molar-refractivity contribution is -0.116. The molecule has 3 aromatic carbocycles. The molecule has 1 unspecified atom stereocenters. The maximum Gasteiger partial charge on any atom is 0.246 e. The predicted octanol–water partition coefficient (Wildman–Crippen LogP) is 4.29. The number of hydrogen-bond acceptors (Lipinski definition) is 3. The molecule has 0 aliphatic rings. The van der Waals surface area contributed by atoms with Crippen LogP contribution >= 0.6 is 0 Å². The minimum atomic E-state index is -0.403. The van der Waals surface area contributed by atoms with Crippen LogP contribution in [0.15, 0.2) is 66.7 Å². The highest BCUT2D eigenvalue weighted by atomic mass is 16.5. The fourth-order valence-corrected chi connectivity index (χ4v) is 2.64. The molecule has 4 nitrogen and oxygen atoms in total. The van der Waals surface area contributed by atoms with Crippen molar-refractivity contribution in [3.8, 4) is 5.75 Å². The van der Waals surface area contributed by atoms with Gasteiger partial charge in [0, 0.05) is 11.1 Å². The first-order chi connectivity index (χ1) is 11.7. The van der Waals surface area contributed by atoms with E-state index in [2.05, 4.69) is 10.6 Å². The van der Waals surface area contributed by atoms with Crippen LogP contribution in [-0.2, 0) is 4.79 Å². The molecule has 1 atom stereocenters. The average Bonchev–Trinajstić information content (AvgIpc) is 2.62. The number of nitrogens with one attached hydrogen (secondary N) is 2. The molecule has 4 heteroatoms.